The number of ether oxygens (including phenoxy) is 2. The van der Waals surface area contributed by atoms with Crippen molar-refractivity contribution >= 4 is 35.3 Å². The lowest BCUT2D eigenvalue weighted by molar-refractivity contribution is -0.245. The van der Waals surface area contributed by atoms with Gasteiger partial charge in [-0.2, -0.15) is 0 Å². The van der Waals surface area contributed by atoms with E-state index in [4.69, 9.17) is 14.6 Å². The number of benzene rings is 3. The van der Waals surface area contributed by atoms with E-state index in [1.54, 1.807) is 30.3 Å². The van der Waals surface area contributed by atoms with Crippen LogP contribution < -0.4 is 5.32 Å². The van der Waals surface area contributed by atoms with Crippen LogP contribution in [0.4, 0.5) is 5.69 Å². The quantitative estimate of drug-likeness (QED) is 0.111. The van der Waals surface area contributed by atoms with E-state index in [-0.39, 0.29) is 36.7 Å². The fourth-order valence-electron chi connectivity index (χ4n) is 4.84. The van der Waals surface area contributed by atoms with Crippen molar-refractivity contribution in [3.05, 3.63) is 95.1 Å². The maximum atomic E-state index is 12.4. The molecule has 0 spiro atoms. The van der Waals surface area contributed by atoms with Gasteiger partial charge in [-0.25, -0.2) is 4.79 Å². The summed E-state index contributed by atoms with van der Waals surface area (Å²) in [7, 11) is 0. The summed E-state index contributed by atoms with van der Waals surface area (Å²) in [6.45, 7) is -0.0462. The molecule has 3 aromatic rings. The highest BCUT2D eigenvalue weighted by Crippen LogP contribution is 2.40. The van der Waals surface area contributed by atoms with Crippen molar-refractivity contribution in [3.8, 4) is 0 Å². The first-order valence-electron chi connectivity index (χ1n) is 14.4. The van der Waals surface area contributed by atoms with Crippen molar-refractivity contribution in [2.75, 3.05) is 11.1 Å². The van der Waals surface area contributed by atoms with Crippen LogP contribution in [-0.4, -0.2) is 45.0 Å². The number of nitrogens with one attached hydrogen (secondary N) is 1. The van der Waals surface area contributed by atoms with Crippen LogP contribution in [0, 0.1) is 0 Å². The Kier molecular flexibility index (Phi) is 12.2. The largest absolute Gasteiger partial charge is 0.481 e. The minimum Gasteiger partial charge on any atom is -0.481 e. The number of rotatable bonds is 15. The third kappa shape index (κ3) is 9.93. The predicted molar refractivity (Wildman–Crippen MR) is 163 cm³/mol. The number of hydrogen-bond donors (Lipinski definition) is 4. The molecule has 4 N–H and O–H groups in total. The van der Waals surface area contributed by atoms with Crippen LogP contribution >= 0.6 is 11.8 Å². The van der Waals surface area contributed by atoms with Gasteiger partial charge in [0.2, 0.25) is 5.91 Å². The Bertz CT molecular complexity index is 1360. The number of aliphatic hydroxyl groups excluding tert-OH is 1. The Morgan fingerprint density at radius 3 is 2.16 bits per heavy atom. The van der Waals surface area contributed by atoms with Crippen molar-refractivity contribution in [3.63, 3.8) is 0 Å². The zero-order chi connectivity index (χ0) is 30.6. The summed E-state index contributed by atoms with van der Waals surface area (Å²) in [5, 5.41) is 30.6. The molecule has 0 unspecified atom stereocenters. The topological polar surface area (TPSA) is 142 Å². The van der Waals surface area contributed by atoms with Crippen molar-refractivity contribution in [1.82, 2.24) is 0 Å². The number of amides is 1. The van der Waals surface area contributed by atoms with Gasteiger partial charge in [0.05, 0.1) is 24.4 Å². The second-order valence-corrected chi connectivity index (χ2v) is 11.5. The maximum Gasteiger partial charge on any atom is 0.336 e. The zero-order valence-corrected chi connectivity index (χ0v) is 24.6. The van der Waals surface area contributed by atoms with Crippen LogP contribution in [0.2, 0.25) is 0 Å². The van der Waals surface area contributed by atoms with E-state index in [9.17, 15) is 24.6 Å². The number of carbonyl (C=O) groups is 3. The number of aliphatic hydroxyl groups is 1. The molecule has 9 nitrogen and oxygen atoms in total. The molecule has 1 aliphatic heterocycles. The van der Waals surface area contributed by atoms with Crippen LogP contribution in [-0.2, 0) is 25.7 Å². The molecular formula is C33H37NO8S. The van der Waals surface area contributed by atoms with Crippen LogP contribution in [0.25, 0.3) is 0 Å². The van der Waals surface area contributed by atoms with E-state index in [1.165, 1.54) is 11.8 Å². The Balaban J connectivity index is 1.39. The molecule has 1 amide bonds. The molecule has 1 saturated heterocycles. The van der Waals surface area contributed by atoms with Crippen molar-refractivity contribution in [2.24, 2.45) is 0 Å². The first-order chi connectivity index (χ1) is 20.8. The van der Waals surface area contributed by atoms with E-state index in [1.807, 2.05) is 42.5 Å². The molecule has 1 aliphatic rings. The zero-order valence-electron chi connectivity index (χ0n) is 23.8. The van der Waals surface area contributed by atoms with Gasteiger partial charge in [0.1, 0.15) is 0 Å². The second kappa shape index (κ2) is 16.2. The third-order valence-corrected chi connectivity index (χ3v) is 8.37. The van der Waals surface area contributed by atoms with E-state index >= 15 is 0 Å². The van der Waals surface area contributed by atoms with Crippen molar-refractivity contribution in [1.29, 1.82) is 0 Å². The average molecular weight is 608 g/mol. The number of aromatic carboxylic acids is 1. The van der Waals surface area contributed by atoms with Gasteiger partial charge in [-0.3, -0.25) is 9.59 Å². The van der Waals surface area contributed by atoms with Gasteiger partial charge in [-0.1, -0.05) is 61.4 Å². The van der Waals surface area contributed by atoms with Gasteiger partial charge < -0.3 is 30.1 Å². The summed E-state index contributed by atoms with van der Waals surface area (Å²) in [5.41, 5.74) is 3.46. The molecule has 0 radical (unpaired) electrons. The van der Waals surface area contributed by atoms with Gasteiger partial charge in [0, 0.05) is 41.2 Å². The summed E-state index contributed by atoms with van der Waals surface area (Å²) >= 11 is 1.44. The molecule has 10 heteroatoms. The van der Waals surface area contributed by atoms with E-state index in [0.29, 0.717) is 42.0 Å². The highest BCUT2D eigenvalue weighted by molar-refractivity contribution is 7.99. The summed E-state index contributed by atoms with van der Waals surface area (Å²) in [6.07, 6.45) is 2.82. The number of carboxylic acids is 2. The normalized spacial score (nSPS) is 18.2. The fourth-order valence-corrected chi connectivity index (χ4v) is 5.90. The first kappa shape index (κ1) is 32.2. The molecule has 4 rings (SSSR count). The standard InChI is InChI=1S/C33H37NO8S/c35-20-22-11-13-23(14-12-22)28-19-26(21-43-29-8-6-5-7-27(29)32(39)40)41-33(42-28)24-15-17-25(18-16-24)34-30(36)9-3-1-2-4-10-31(37)38/h5-8,11-18,26,28,33,35H,1-4,9-10,19-21H2,(H,34,36)(H,37,38)(H,39,40)/t26-,28+,33+/m1/s1. The maximum absolute atomic E-state index is 12.4. The van der Waals surface area contributed by atoms with Gasteiger partial charge in [0.15, 0.2) is 6.29 Å². The highest BCUT2D eigenvalue weighted by atomic mass is 32.2. The van der Waals surface area contributed by atoms with Crippen molar-refractivity contribution in [2.45, 2.75) is 74.9 Å². The predicted octanol–water partition coefficient (Wildman–Crippen LogP) is 6.58. The smallest absolute Gasteiger partial charge is 0.336 e. The highest BCUT2D eigenvalue weighted by Gasteiger charge is 2.32. The number of unbranched alkanes of at least 4 members (excludes halogenated alkanes) is 3. The molecule has 3 atom stereocenters. The lowest BCUT2D eigenvalue weighted by atomic mass is 10.0. The number of anilines is 1. The van der Waals surface area contributed by atoms with E-state index in [0.717, 1.165) is 29.5 Å². The number of thioether (sulfide) groups is 1. The number of carbonyl (C=O) groups excluding carboxylic acids is 1. The van der Waals surface area contributed by atoms with Gasteiger partial charge in [-0.05, 0) is 48.2 Å². The summed E-state index contributed by atoms with van der Waals surface area (Å²) in [6, 6.07) is 21.8. The Hall–Kier alpha value is -3.70. The summed E-state index contributed by atoms with van der Waals surface area (Å²) < 4.78 is 12.7. The monoisotopic (exact) mass is 607 g/mol. The number of hydrogen-bond acceptors (Lipinski definition) is 7. The number of carboxylic acid groups (broad SMARTS) is 2. The van der Waals surface area contributed by atoms with E-state index < -0.39 is 18.2 Å². The summed E-state index contributed by atoms with van der Waals surface area (Å²) in [4.78, 5) is 35.3. The second-order valence-electron chi connectivity index (χ2n) is 10.4. The van der Waals surface area contributed by atoms with E-state index in [2.05, 4.69) is 5.32 Å². The lowest BCUT2D eigenvalue weighted by Gasteiger charge is -2.36. The molecule has 0 aliphatic carbocycles. The molecule has 3 aromatic carbocycles. The molecule has 0 bridgehead atoms. The Labute approximate surface area is 255 Å². The van der Waals surface area contributed by atoms with Gasteiger partial charge >= 0.3 is 11.9 Å². The Morgan fingerprint density at radius 1 is 0.814 bits per heavy atom. The van der Waals surface area contributed by atoms with Gasteiger partial charge in [0.25, 0.3) is 0 Å². The van der Waals surface area contributed by atoms with Crippen LogP contribution in [0.5, 0.6) is 0 Å². The number of aliphatic carboxylic acids is 1. The minimum atomic E-state index is -0.973. The van der Waals surface area contributed by atoms with Crippen molar-refractivity contribution < 1.29 is 39.2 Å². The minimum absolute atomic E-state index is 0.0462. The lowest BCUT2D eigenvalue weighted by Crippen LogP contribution is -2.31. The average Bonchev–Trinajstić information content (AvgIpc) is 3.02. The van der Waals surface area contributed by atoms with Gasteiger partial charge in [-0.15, -0.1) is 11.8 Å². The molecular weight excluding hydrogens is 570 g/mol. The molecule has 0 aromatic heterocycles. The first-order valence-corrected chi connectivity index (χ1v) is 15.4. The Morgan fingerprint density at radius 2 is 1.49 bits per heavy atom. The molecule has 0 saturated carbocycles. The molecule has 228 valence electrons. The van der Waals surface area contributed by atoms with Crippen LogP contribution in [0.15, 0.2) is 77.7 Å². The SMILES string of the molecule is O=C(O)CCCCCCC(=O)Nc1ccc([C@H]2O[C@@H](CSc3ccccc3C(=O)O)C[C@@H](c3ccc(CO)cc3)O2)cc1. The molecule has 1 heterocycles. The third-order valence-electron chi connectivity index (χ3n) is 7.17. The fraction of sp³-hybridized carbons (Fsp3) is 0.364. The summed E-state index contributed by atoms with van der Waals surface area (Å²) in [5.74, 6) is -1.34. The van der Waals surface area contributed by atoms with Crippen LogP contribution in [0.3, 0.4) is 0 Å². The molecule has 1 fully saturated rings. The molecule has 43 heavy (non-hydrogen) atoms. The van der Waals surface area contributed by atoms with Crippen LogP contribution in [0.1, 0.15) is 84.4 Å².